The highest BCUT2D eigenvalue weighted by molar-refractivity contribution is 6.31. The molecule has 0 aliphatic heterocycles. The molecule has 1 heterocycles. The Balaban J connectivity index is 1.62. The van der Waals surface area contributed by atoms with Crippen LogP contribution in [0.2, 0.25) is 5.02 Å². The topological polar surface area (TPSA) is 50.8 Å². The Hall–Kier alpha value is -1.99. The van der Waals surface area contributed by atoms with Crippen LogP contribution >= 0.6 is 11.6 Å². The van der Waals surface area contributed by atoms with Gasteiger partial charge in [0.2, 0.25) is 0 Å². The highest BCUT2D eigenvalue weighted by atomic mass is 35.5. The van der Waals surface area contributed by atoms with Crippen LogP contribution in [-0.2, 0) is 6.61 Å². The van der Waals surface area contributed by atoms with E-state index in [0.717, 1.165) is 5.69 Å². The van der Waals surface area contributed by atoms with E-state index in [9.17, 15) is 0 Å². The van der Waals surface area contributed by atoms with Gasteiger partial charge in [-0.05, 0) is 31.0 Å². The zero-order valence-corrected chi connectivity index (χ0v) is 12.4. The van der Waals surface area contributed by atoms with Gasteiger partial charge in [0.25, 0.3) is 0 Å². The average Bonchev–Trinajstić information content (AvgIpc) is 3.16. The Morgan fingerprint density at radius 1 is 1.33 bits per heavy atom. The van der Waals surface area contributed by atoms with Gasteiger partial charge in [-0.25, -0.2) is 0 Å². The Morgan fingerprint density at radius 2 is 2.14 bits per heavy atom. The lowest BCUT2D eigenvalue weighted by molar-refractivity contribution is 0.298. The summed E-state index contributed by atoms with van der Waals surface area (Å²) < 4.78 is 7.73. The third-order valence-electron chi connectivity index (χ3n) is 3.81. The summed E-state index contributed by atoms with van der Waals surface area (Å²) in [5, 5.41) is 13.8. The maximum atomic E-state index is 8.84. The molecule has 1 fully saturated rings. The molecule has 1 aromatic heterocycles. The number of nitrogens with zero attached hydrogens (tertiary/aromatic N) is 3. The summed E-state index contributed by atoms with van der Waals surface area (Å²) in [6.07, 6.45) is 7.04. The second-order valence-corrected chi connectivity index (χ2v) is 5.67. The first kappa shape index (κ1) is 14.0. The number of rotatable bonds is 4. The van der Waals surface area contributed by atoms with E-state index in [0.29, 0.717) is 29.0 Å². The van der Waals surface area contributed by atoms with Crippen LogP contribution in [0, 0.1) is 11.3 Å². The molecular weight excluding hydrogens is 286 g/mol. The van der Waals surface area contributed by atoms with Crippen LogP contribution in [0.25, 0.3) is 0 Å². The molecule has 21 heavy (non-hydrogen) atoms. The lowest BCUT2D eigenvalue weighted by Gasteiger charge is -2.09. The fraction of sp³-hybridized carbons (Fsp3) is 0.375. The van der Waals surface area contributed by atoms with Crippen molar-refractivity contribution in [1.29, 1.82) is 5.26 Å². The molecule has 2 aromatic rings. The monoisotopic (exact) mass is 301 g/mol. The highest BCUT2D eigenvalue weighted by Crippen LogP contribution is 2.29. The van der Waals surface area contributed by atoms with Gasteiger partial charge in [-0.3, -0.25) is 4.68 Å². The van der Waals surface area contributed by atoms with Gasteiger partial charge in [-0.1, -0.05) is 24.4 Å². The number of benzene rings is 1. The maximum absolute atomic E-state index is 8.84. The van der Waals surface area contributed by atoms with Gasteiger partial charge in [-0.2, -0.15) is 10.4 Å². The van der Waals surface area contributed by atoms with Gasteiger partial charge in [0.15, 0.2) is 0 Å². The normalized spacial score (nSPS) is 15.0. The number of hydrogen-bond donors (Lipinski definition) is 0. The van der Waals surface area contributed by atoms with Crippen LogP contribution in [0.5, 0.6) is 5.75 Å². The zero-order chi connectivity index (χ0) is 14.7. The lowest BCUT2D eigenvalue weighted by atomic mass is 10.2. The first-order valence-electron chi connectivity index (χ1n) is 7.13. The summed E-state index contributed by atoms with van der Waals surface area (Å²) in [5.41, 5.74) is 1.36. The van der Waals surface area contributed by atoms with Gasteiger partial charge >= 0.3 is 0 Å². The quantitative estimate of drug-likeness (QED) is 0.854. The molecule has 0 unspecified atom stereocenters. The van der Waals surface area contributed by atoms with E-state index in [1.165, 1.54) is 25.7 Å². The third kappa shape index (κ3) is 3.20. The maximum Gasteiger partial charge on any atom is 0.132 e. The fourth-order valence-electron chi connectivity index (χ4n) is 2.66. The lowest BCUT2D eigenvalue weighted by Crippen LogP contribution is -2.06. The summed E-state index contributed by atoms with van der Waals surface area (Å²) in [5.74, 6) is 0.648. The molecule has 4 nitrogen and oxygen atoms in total. The smallest absolute Gasteiger partial charge is 0.132 e. The Morgan fingerprint density at radius 3 is 2.86 bits per heavy atom. The van der Waals surface area contributed by atoms with E-state index in [4.69, 9.17) is 21.6 Å². The van der Waals surface area contributed by atoms with E-state index in [1.54, 1.807) is 18.2 Å². The predicted molar refractivity (Wildman–Crippen MR) is 80.2 cm³/mol. The van der Waals surface area contributed by atoms with Crippen LogP contribution < -0.4 is 4.74 Å². The summed E-state index contributed by atoms with van der Waals surface area (Å²) in [7, 11) is 0. The number of nitriles is 1. The minimum atomic E-state index is 0.405. The van der Waals surface area contributed by atoms with Crippen molar-refractivity contribution in [3.8, 4) is 11.8 Å². The second kappa shape index (κ2) is 6.19. The van der Waals surface area contributed by atoms with E-state index in [1.807, 2.05) is 18.3 Å². The van der Waals surface area contributed by atoms with Crippen molar-refractivity contribution in [3.05, 3.63) is 46.7 Å². The predicted octanol–water partition coefficient (Wildman–Crippen LogP) is 4.10. The fourth-order valence-corrected chi connectivity index (χ4v) is 2.87. The molecule has 0 saturated heterocycles. The van der Waals surface area contributed by atoms with Gasteiger partial charge < -0.3 is 4.74 Å². The van der Waals surface area contributed by atoms with Crippen LogP contribution in [0.3, 0.4) is 0 Å². The number of hydrogen-bond acceptors (Lipinski definition) is 3. The van der Waals surface area contributed by atoms with Crippen LogP contribution in [-0.4, -0.2) is 9.78 Å². The summed E-state index contributed by atoms with van der Waals surface area (Å²) in [4.78, 5) is 0. The molecule has 0 atom stereocenters. The first-order chi connectivity index (χ1) is 10.3. The number of aromatic nitrogens is 2. The molecule has 108 valence electrons. The minimum Gasteiger partial charge on any atom is -0.487 e. The molecule has 1 aliphatic rings. The van der Waals surface area contributed by atoms with E-state index in [-0.39, 0.29) is 0 Å². The summed E-state index contributed by atoms with van der Waals surface area (Å²) >= 11 is 5.98. The molecule has 1 aliphatic carbocycles. The standard InChI is InChI=1S/C16H16ClN3O/c17-16-9-15(6-5-12(16)10-18)21-11-13-7-8-20(19-13)14-3-1-2-4-14/h5-9,14H,1-4,11H2. The number of ether oxygens (including phenoxy) is 1. The molecule has 1 aromatic carbocycles. The molecule has 0 amide bonds. The van der Waals surface area contributed by atoms with Crippen LogP contribution in [0.15, 0.2) is 30.5 Å². The van der Waals surface area contributed by atoms with Crippen molar-refractivity contribution in [3.63, 3.8) is 0 Å². The van der Waals surface area contributed by atoms with Crippen LogP contribution in [0.1, 0.15) is 43.0 Å². The van der Waals surface area contributed by atoms with E-state index < -0.39 is 0 Å². The van der Waals surface area contributed by atoms with Gasteiger partial charge in [0.05, 0.1) is 22.3 Å². The van der Waals surface area contributed by atoms with Crippen molar-refractivity contribution in [2.45, 2.75) is 38.3 Å². The summed E-state index contributed by atoms with van der Waals surface area (Å²) in [6.45, 7) is 0.405. The first-order valence-corrected chi connectivity index (χ1v) is 7.50. The van der Waals surface area contributed by atoms with Crippen molar-refractivity contribution >= 4 is 11.6 Å². The Kier molecular flexibility index (Phi) is 4.12. The van der Waals surface area contributed by atoms with Gasteiger partial charge in [0.1, 0.15) is 18.4 Å². The van der Waals surface area contributed by atoms with Crippen molar-refractivity contribution in [2.24, 2.45) is 0 Å². The third-order valence-corrected chi connectivity index (χ3v) is 4.12. The average molecular weight is 302 g/mol. The molecule has 3 rings (SSSR count). The van der Waals surface area contributed by atoms with Crippen molar-refractivity contribution in [2.75, 3.05) is 0 Å². The van der Waals surface area contributed by atoms with Gasteiger partial charge in [-0.15, -0.1) is 0 Å². The largest absolute Gasteiger partial charge is 0.487 e. The van der Waals surface area contributed by atoms with Gasteiger partial charge in [0, 0.05) is 12.3 Å². The molecule has 0 radical (unpaired) electrons. The minimum absolute atomic E-state index is 0.405. The molecule has 5 heteroatoms. The molecular formula is C16H16ClN3O. The summed E-state index contributed by atoms with van der Waals surface area (Å²) in [6, 6.07) is 9.63. The van der Waals surface area contributed by atoms with E-state index >= 15 is 0 Å². The molecule has 1 saturated carbocycles. The molecule has 0 bridgehead atoms. The molecule has 0 spiro atoms. The van der Waals surface area contributed by atoms with Crippen molar-refractivity contribution < 1.29 is 4.74 Å². The Bertz CT molecular complexity index is 668. The number of halogens is 1. The van der Waals surface area contributed by atoms with E-state index in [2.05, 4.69) is 9.78 Å². The second-order valence-electron chi connectivity index (χ2n) is 5.27. The molecule has 0 N–H and O–H groups in total. The van der Waals surface area contributed by atoms with Crippen LogP contribution in [0.4, 0.5) is 0 Å². The van der Waals surface area contributed by atoms with Crippen molar-refractivity contribution in [1.82, 2.24) is 9.78 Å². The Labute approximate surface area is 128 Å². The zero-order valence-electron chi connectivity index (χ0n) is 11.6. The SMILES string of the molecule is N#Cc1ccc(OCc2ccn(C3CCCC3)n2)cc1Cl. The highest BCUT2D eigenvalue weighted by Gasteiger charge is 2.17.